The third-order valence-electron chi connectivity index (χ3n) is 8.51. The lowest BCUT2D eigenvalue weighted by molar-refractivity contribution is -0.369. The van der Waals surface area contributed by atoms with E-state index in [2.05, 4.69) is 6.58 Å². The maximum absolute atomic E-state index is 13.1. The van der Waals surface area contributed by atoms with E-state index in [0.29, 0.717) is 31.3 Å². The highest BCUT2D eigenvalue weighted by Gasteiger charge is 2.80. The van der Waals surface area contributed by atoms with Gasteiger partial charge in [0, 0.05) is 17.3 Å². The van der Waals surface area contributed by atoms with Crippen molar-refractivity contribution < 1.29 is 34.4 Å². The lowest BCUT2D eigenvalue weighted by atomic mass is 9.41. The van der Waals surface area contributed by atoms with Gasteiger partial charge in [-0.2, -0.15) is 0 Å². The third-order valence-corrected chi connectivity index (χ3v) is 8.51. The molecule has 3 saturated carbocycles. The van der Waals surface area contributed by atoms with Crippen LogP contribution in [0.5, 0.6) is 0 Å². The van der Waals surface area contributed by atoms with E-state index >= 15 is 0 Å². The van der Waals surface area contributed by atoms with Crippen molar-refractivity contribution in [3.05, 3.63) is 12.2 Å². The second-order valence-electron chi connectivity index (χ2n) is 9.57. The summed E-state index contributed by atoms with van der Waals surface area (Å²) in [6, 6.07) is 0. The number of esters is 1. The Hall–Kier alpha value is -1.28. The Morgan fingerprint density at radius 3 is 2.74 bits per heavy atom. The molecule has 4 bridgehead atoms. The second-order valence-corrected chi connectivity index (χ2v) is 9.57. The molecule has 0 aromatic heterocycles. The van der Waals surface area contributed by atoms with E-state index in [1.54, 1.807) is 0 Å². The summed E-state index contributed by atoms with van der Waals surface area (Å²) in [5.74, 6) is -2.27. The van der Waals surface area contributed by atoms with Gasteiger partial charge >= 0.3 is 5.97 Å². The molecule has 0 amide bonds. The first kappa shape index (κ1) is 17.8. The first-order chi connectivity index (χ1) is 12.7. The molecule has 3 N–H and O–H groups in total. The summed E-state index contributed by atoms with van der Waals surface area (Å²) in [7, 11) is 0. The van der Waals surface area contributed by atoms with Gasteiger partial charge in [0.2, 0.25) is 6.29 Å². The van der Waals surface area contributed by atoms with E-state index in [1.807, 2.05) is 6.92 Å². The zero-order valence-corrected chi connectivity index (χ0v) is 15.3. The van der Waals surface area contributed by atoms with Gasteiger partial charge < -0.3 is 29.6 Å². The number of aliphatic hydroxyl groups is 3. The molecule has 2 spiro atoms. The fraction of sp³-hybridized carbons (Fsp3) is 0.800. The van der Waals surface area contributed by atoms with Crippen molar-refractivity contribution in [2.75, 3.05) is 6.61 Å². The smallest absolute Gasteiger partial charge is 0.317 e. The molecule has 0 radical (unpaired) electrons. The Labute approximate surface area is 157 Å². The van der Waals surface area contributed by atoms with Gasteiger partial charge in [-0.15, -0.1) is 0 Å². The van der Waals surface area contributed by atoms with Crippen LogP contribution in [0.2, 0.25) is 0 Å². The summed E-state index contributed by atoms with van der Waals surface area (Å²) in [5, 5.41) is 33.4. The quantitative estimate of drug-likeness (QED) is 0.339. The molecule has 5 rings (SSSR count). The molecule has 148 valence electrons. The monoisotopic (exact) mass is 378 g/mol. The van der Waals surface area contributed by atoms with Crippen LogP contribution in [0, 0.1) is 34.0 Å². The van der Waals surface area contributed by atoms with Gasteiger partial charge in [-0.1, -0.05) is 13.5 Å². The molecular weight excluding hydrogens is 352 g/mol. The predicted molar refractivity (Wildman–Crippen MR) is 91.0 cm³/mol. The lowest BCUT2D eigenvalue weighted by Gasteiger charge is -2.67. The standard InChI is InChI=1S/C20H26O7/c1-9-10-5-11(22)14-19(6-10,15(9)24)16(25)27-17-20(14)12(7-21)18(2,8-26-17)4-3-13(20)23/h7,10-15,17,22-24H,1,3-6,8H2,2H3/t10-,11-,12-,13+,14-,15-,17-,18+,19+,20+/m1/s1. The van der Waals surface area contributed by atoms with Crippen LogP contribution in [-0.2, 0) is 19.1 Å². The Morgan fingerprint density at radius 2 is 2.04 bits per heavy atom. The average Bonchev–Trinajstić information content (AvgIpc) is 2.82. The summed E-state index contributed by atoms with van der Waals surface area (Å²) in [6.07, 6.45) is -1.68. The zero-order chi connectivity index (χ0) is 19.4. The first-order valence-corrected chi connectivity index (χ1v) is 9.74. The molecule has 0 unspecified atom stereocenters. The Kier molecular flexibility index (Phi) is 3.43. The number of aldehydes is 1. The highest BCUT2D eigenvalue weighted by atomic mass is 16.7. The number of hydrogen-bond donors (Lipinski definition) is 3. The van der Waals surface area contributed by atoms with Crippen LogP contribution in [0.15, 0.2) is 12.2 Å². The van der Waals surface area contributed by atoms with Crippen LogP contribution in [0.25, 0.3) is 0 Å². The largest absolute Gasteiger partial charge is 0.434 e. The minimum atomic E-state index is -1.39. The van der Waals surface area contributed by atoms with Crippen LogP contribution < -0.4 is 0 Å². The normalized spacial score (nSPS) is 58.9. The molecule has 5 aliphatic rings. The number of aliphatic hydroxyl groups excluding tert-OH is 3. The van der Waals surface area contributed by atoms with E-state index in [4.69, 9.17) is 9.47 Å². The lowest BCUT2D eigenvalue weighted by Crippen LogP contribution is -2.77. The summed E-state index contributed by atoms with van der Waals surface area (Å²) >= 11 is 0. The van der Waals surface area contributed by atoms with E-state index in [1.165, 1.54) is 0 Å². The Bertz CT molecular complexity index is 736. The van der Waals surface area contributed by atoms with Gasteiger partial charge in [0.25, 0.3) is 0 Å². The highest BCUT2D eigenvalue weighted by Crippen LogP contribution is 2.71. The van der Waals surface area contributed by atoms with Gasteiger partial charge in [-0.3, -0.25) is 4.79 Å². The van der Waals surface area contributed by atoms with Crippen molar-refractivity contribution in [1.29, 1.82) is 0 Å². The fourth-order valence-corrected chi connectivity index (χ4v) is 7.34. The van der Waals surface area contributed by atoms with E-state index in [0.717, 1.165) is 6.29 Å². The number of fused-ring (bicyclic) bond motifs is 2. The molecule has 0 aromatic rings. The molecule has 3 aliphatic carbocycles. The van der Waals surface area contributed by atoms with Crippen LogP contribution in [0.3, 0.4) is 0 Å². The number of hydrogen-bond acceptors (Lipinski definition) is 7. The molecule has 27 heavy (non-hydrogen) atoms. The molecule has 7 nitrogen and oxygen atoms in total. The minimum Gasteiger partial charge on any atom is -0.434 e. The molecule has 0 aromatic carbocycles. The highest BCUT2D eigenvalue weighted by molar-refractivity contribution is 5.82. The summed E-state index contributed by atoms with van der Waals surface area (Å²) in [5.41, 5.74) is -2.65. The first-order valence-electron chi connectivity index (χ1n) is 9.74. The maximum Gasteiger partial charge on any atom is 0.317 e. The van der Waals surface area contributed by atoms with Crippen molar-refractivity contribution in [2.24, 2.45) is 34.0 Å². The number of carbonyl (C=O) groups is 2. The van der Waals surface area contributed by atoms with Crippen molar-refractivity contribution in [1.82, 2.24) is 0 Å². The van der Waals surface area contributed by atoms with Crippen LogP contribution in [0.1, 0.15) is 32.6 Å². The van der Waals surface area contributed by atoms with Crippen LogP contribution in [0.4, 0.5) is 0 Å². The van der Waals surface area contributed by atoms with Crippen LogP contribution in [-0.4, -0.2) is 58.8 Å². The minimum absolute atomic E-state index is 0.182. The maximum atomic E-state index is 13.1. The van der Waals surface area contributed by atoms with Crippen LogP contribution >= 0.6 is 0 Å². The number of carbonyl (C=O) groups excluding carboxylic acids is 2. The third kappa shape index (κ3) is 1.74. The molecular formula is C20H26O7. The van der Waals surface area contributed by atoms with Gasteiger partial charge in [0.1, 0.15) is 11.7 Å². The van der Waals surface area contributed by atoms with Gasteiger partial charge in [0.05, 0.1) is 30.3 Å². The summed E-state index contributed by atoms with van der Waals surface area (Å²) < 4.78 is 11.6. The topological polar surface area (TPSA) is 113 Å². The van der Waals surface area contributed by atoms with Crippen molar-refractivity contribution in [3.8, 4) is 0 Å². The molecule has 2 saturated heterocycles. The van der Waals surface area contributed by atoms with Crippen molar-refractivity contribution in [2.45, 2.75) is 57.2 Å². The second kappa shape index (κ2) is 5.20. The fourth-order valence-electron chi connectivity index (χ4n) is 7.34. The molecule has 5 fully saturated rings. The molecule has 7 heteroatoms. The van der Waals surface area contributed by atoms with Gasteiger partial charge in [-0.25, -0.2) is 0 Å². The van der Waals surface area contributed by atoms with Crippen molar-refractivity contribution in [3.63, 3.8) is 0 Å². The van der Waals surface area contributed by atoms with E-state index in [9.17, 15) is 24.9 Å². The van der Waals surface area contributed by atoms with Gasteiger partial charge in [-0.05, 0) is 37.2 Å². The molecule has 10 atom stereocenters. The van der Waals surface area contributed by atoms with E-state index in [-0.39, 0.29) is 12.5 Å². The Morgan fingerprint density at radius 1 is 1.30 bits per heavy atom. The number of ether oxygens (including phenoxy) is 2. The van der Waals surface area contributed by atoms with E-state index < -0.39 is 58.7 Å². The van der Waals surface area contributed by atoms with Crippen molar-refractivity contribution >= 4 is 12.3 Å². The number of rotatable bonds is 1. The predicted octanol–water partition coefficient (Wildman–Crippen LogP) is 0.166. The molecule has 2 aliphatic heterocycles. The SMILES string of the molecule is C=C1[C@@H]2C[C@@H](O)[C@@H]3[C@](C2)(C(=O)O[C@H]2OC[C@]4(C)CC[C@H](O)[C@]23[C@@H]4C=O)[C@@H]1O. The molecule has 2 heterocycles. The summed E-state index contributed by atoms with van der Waals surface area (Å²) in [6.45, 7) is 6.15. The summed E-state index contributed by atoms with van der Waals surface area (Å²) in [4.78, 5) is 25.4. The zero-order valence-electron chi connectivity index (χ0n) is 15.3. The van der Waals surface area contributed by atoms with Gasteiger partial charge in [0.15, 0.2) is 0 Å². The Balaban J connectivity index is 1.77. The average molecular weight is 378 g/mol.